The van der Waals surface area contributed by atoms with Crippen LogP contribution >= 0.6 is 0 Å². The summed E-state index contributed by atoms with van der Waals surface area (Å²) in [6.45, 7) is 6.89. The number of piperazine rings is 1. The first kappa shape index (κ1) is 13.7. The summed E-state index contributed by atoms with van der Waals surface area (Å²) in [6.07, 6.45) is 2.68. The Balaban J connectivity index is 1.55. The summed E-state index contributed by atoms with van der Waals surface area (Å²) in [5, 5.41) is 3.59. The van der Waals surface area contributed by atoms with Crippen LogP contribution in [0.5, 0.6) is 5.75 Å². The van der Waals surface area contributed by atoms with Crippen LogP contribution in [-0.2, 0) is 0 Å². The number of hydrogen-bond acceptors (Lipinski definition) is 4. The molecule has 2 saturated heterocycles. The number of anilines is 1. The Morgan fingerprint density at radius 3 is 2.70 bits per heavy atom. The molecule has 0 bridgehead atoms. The Kier molecular flexibility index (Phi) is 4.43. The molecule has 0 aromatic heterocycles. The van der Waals surface area contributed by atoms with Crippen LogP contribution in [0.25, 0.3) is 0 Å². The predicted octanol–water partition coefficient (Wildman–Crippen LogP) is 1.57. The number of hydrogen-bond donors (Lipinski definition) is 1. The van der Waals surface area contributed by atoms with Crippen molar-refractivity contribution in [2.24, 2.45) is 0 Å². The summed E-state index contributed by atoms with van der Waals surface area (Å²) in [5.74, 6) is 0.985. The molecule has 0 amide bonds. The van der Waals surface area contributed by atoms with Crippen molar-refractivity contribution < 1.29 is 4.74 Å². The summed E-state index contributed by atoms with van der Waals surface area (Å²) in [4.78, 5) is 5.03. The van der Waals surface area contributed by atoms with Gasteiger partial charge in [-0.25, -0.2) is 0 Å². The molecule has 2 aliphatic rings. The van der Waals surface area contributed by atoms with Crippen LogP contribution in [0.3, 0.4) is 0 Å². The highest BCUT2D eigenvalue weighted by atomic mass is 16.5. The first-order chi connectivity index (χ1) is 9.86. The minimum atomic E-state index is 0.716. The number of methoxy groups -OCH3 is 1. The Bertz CT molecular complexity index is 423. The maximum absolute atomic E-state index is 5.47. The Hall–Kier alpha value is -1.26. The Morgan fingerprint density at radius 2 is 2.00 bits per heavy atom. The van der Waals surface area contributed by atoms with Gasteiger partial charge in [-0.2, -0.15) is 0 Å². The van der Waals surface area contributed by atoms with Gasteiger partial charge in [0.1, 0.15) is 5.75 Å². The fourth-order valence-corrected chi connectivity index (χ4v) is 3.29. The topological polar surface area (TPSA) is 27.7 Å². The van der Waals surface area contributed by atoms with Gasteiger partial charge in [0.25, 0.3) is 0 Å². The quantitative estimate of drug-likeness (QED) is 0.903. The molecule has 2 aliphatic heterocycles. The molecule has 0 radical (unpaired) electrons. The Morgan fingerprint density at radius 1 is 1.20 bits per heavy atom. The molecule has 0 unspecified atom stereocenters. The third kappa shape index (κ3) is 3.07. The van der Waals surface area contributed by atoms with E-state index in [-0.39, 0.29) is 0 Å². The van der Waals surface area contributed by atoms with Gasteiger partial charge in [0, 0.05) is 38.8 Å². The molecule has 4 heteroatoms. The minimum absolute atomic E-state index is 0.716. The minimum Gasteiger partial charge on any atom is -0.495 e. The van der Waals surface area contributed by atoms with Crippen LogP contribution in [0.4, 0.5) is 5.69 Å². The number of nitrogens with one attached hydrogen (secondary N) is 1. The highest BCUT2D eigenvalue weighted by Crippen LogP contribution is 2.28. The van der Waals surface area contributed by atoms with Gasteiger partial charge in [0.15, 0.2) is 0 Å². The fourth-order valence-electron chi connectivity index (χ4n) is 3.29. The lowest BCUT2D eigenvalue weighted by Crippen LogP contribution is -2.49. The number of nitrogens with zero attached hydrogens (tertiary/aromatic N) is 2. The van der Waals surface area contributed by atoms with E-state index in [9.17, 15) is 0 Å². The predicted molar refractivity (Wildman–Crippen MR) is 82.7 cm³/mol. The van der Waals surface area contributed by atoms with Crippen LogP contribution in [0, 0.1) is 0 Å². The number of rotatable bonds is 4. The van der Waals surface area contributed by atoms with Crippen molar-refractivity contribution in [1.82, 2.24) is 10.2 Å². The first-order valence-corrected chi connectivity index (χ1v) is 7.70. The molecule has 0 saturated carbocycles. The third-order valence-electron chi connectivity index (χ3n) is 4.44. The van der Waals surface area contributed by atoms with Gasteiger partial charge in [-0.15, -0.1) is 0 Å². The van der Waals surface area contributed by atoms with Crippen molar-refractivity contribution >= 4 is 5.69 Å². The van der Waals surface area contributed by atoms with E-state index in [1.165, 1.54) is 31.6 Å². The molecule has 20 heavy (non-hydrogen) atoms. The second-order valence-electron chi connectivity index (χ2n) is 5.75. The van der Waals surface area contributed by atoms with Crippen LogP contribution in [0.1, 0.15) is 12.8 Å². The molecule has 3 rings (SSSR count). The molecule has 1 N–H and O–H groups in total. The van der Waals surface area contributed by atoms with Gasteiger partial charge < -0.3 is 15.0 Å². The van der Waals surface area contributed by atoms with Crippen LogP contribution in [0.15, 0.2) is 24.3 Å². The van der Waals surface area contributed by atoms with Gasteiger partial charge >= 0.3 is 0 Å². The van der Waals surface area contributed by atoms with Gasteiger partial charge in [-0.05, 0) is 31.5 Å². The van der Waals surface area contributed by atoms with E-state index in [2.05, 4.69) is 27.2 Å². The van der Waals surface area contributed by atoms with Gasteiger partial charge in [0.2, 0.25) is 0 Å². The SMILES string of the molecule is COc1ccccc1N1CCN(C[C@@H]2CCCN2)CC1. The Labute approximate surface area is 121 Å². The van der Waals surface area contributed by atoms with Crippen molar-refractivity contribution in [2.45, 2.75) is 18.9 Å². The fraction of sp³-hybridized carbons (Fsp3) is 0.625. The largest absolute Gasteiger partial charge is 0.495 e. The molecular weight excluding hydrogens is 250 g/mol. The summed E-state index contributed by atoms with van der Waals surface area (Å²) < 4.78 is 5.47. The molecule has 1 atom stereocenters. The maximum Gasteiger partial charge on any atom is 0.142 e. The number of benzene rings is 1. The van der Waals surface area contributed by atoms with E-state index < -0.39 is 0 Å². The van der Waals surface area contributed by atoms with E-state index >= 15 is 0 Å². The second-order valence-corrected chi connectivity index (χ2v) is 5.75. The molecule has 1 aromatic carbocycles. The van der Waals surface area contributed by atoms with Crippen LogP contribution in [-0.4, -0.2) is 57.3 Å². The molecule has 1 aromatic rings. The van der Waals surface area contributed by atoms with Crippen molar-refractivity contribution in [1.29, 1.82) is 0 Å². The summed E-state index contributed by atoms with van der Waals surface area (Å²) >= 11 is 0. The average Bonchev–Trinajstić information content (AvgIpc) is 3.01. The average molecular weight is 275 g/mol. The van der Waals surface area contributed by atoms with Crippen LogP contribution < -0.4 is 15.0 Å². The summed E-state index contributed by atoms with van der Waals surface area (Å²) in [7, 11) is 1.75. The van der Waals surface area contributed by atoms with Gasteiger partial charge in [-0.1, -0.05) is 12.1 Å². The zero-order valence-electron chi connectivity index (χ0n) is 12.3. The normalized spacial score (nSPS) is 24.1. The lowest BCUT2D eigenvalue weighted by Gasteiger charge is -2.37. The molecule has 4 nitrogen and oxygen atoms in total. The smallest absolute Gasteiger partial charge is 0.142 e. The zero-order chi connectivity index (χ0) is 13.8. The van der Waals surface area contributed by atoms with E-state index in [0.29, 0.717) is 6.04 Å². The summed E-state index contributed by atoms with van der Waals surface area (Å²) in [5.41, 5.74) is 1.23. The van der Waals surface area contributed by atoms with Crippen molar-refractivity contribution in [3.8, 4) is 5.75 Å². The number of ether oxygens (including phenoxy) is 1. The van der Waals surface area contributed by atoms with Gasteiger partial charge in [-0.3, -0.25) is 4.90 Å². The molecule has 110 valence electrons. The lowest BCUT2D eigenvalue weighted by atomic mass is 10.2. The monoisotopic (exact) mass is 275 g/mol. The van der Waals surface area contributed by atoms with Crippen molar-refractivity contribution in [3.05, 3.63) is 24.3 Å². The molecule has 2 heterocycles. The first-order valence-electron chi connectivity index (χ1n) is 7.70. The zero-order valence-corrected chi connectivity index (χ0v) is 12.3. The maximum atomic E-state index is 5.47. The lowest BCUT2D eigenvalue weighted by molar-refractivity contribution is 0.235. The van der Waals surface area contributed by atoms with Crippen molar-refractivity contribution in [3.63, 3.8) is 0 Å². The highest BCUT2D eigenvalue weighted by molar-refractivity contribution is 5.58. The molecular formula is C16H25N3O. The van der Waals surface area contributed by atoms with E-state index in [1.807, 2.05) is 12.1 Å². The van der Waals surface area contributed by atoms with E-state index in [1.54, 1.807) is 7.11 Å². The third-order valence-corrected chi connectivity index (χ3v) is 4.44. The highest BCUT2D eigenvalue weighted by Gasteiger charge is 2.23. The van der Waals surface area contributed by atoms with E-state index in [4.69, 9.17) is 4.74 Å². The van der Waals surface area contributed by atoms with Gasteiger partial charge in [0.05, 0.1) is 12.8 Å². The standard InChI is InChI=1S/C16H25N3O/c1-20-16-7-3-2-6-15(16)19-11-9-18(10-12-19)13-14-5-4-8-17-14/h2-3,6-7,14,17H,4-5,8-13H2,1H3/t14-/m0/s1. The molecule has 0 spiro atoms. The molecule has 2 fully saturated rings. The second kappa shape index (κ2) is 6.46. The summed E-state index contributed by atoms with van der Waals surface area (Å²) in [6, 6.07) is 9.04. The number of para-hydroxylation sites is 2. The molecule has 0 aliphatic carbocycles. The van der Waals surface area contributed by atoms with E-state index in [0.717, 1.165) is 31.9 Å². The van der Waals surface area contributed by atoms with Crippen molar-refractivity contribution in [2.75, 3.05) is 51.3 Å². The van der Waals surface area contributed by atoms with Crippen LogP contribution in [0.2, 0.25) is 0 Å².